The number of carbonyl (C=O) groups excluding carboxylic acids is 1. The number of esters is 1. The minimum absolute atomic E-state index is 0.0526. The maximum atomic E-state index is 11.9. The summed E-state index contributed by atoms with van der Waals surface area (Å²) in [5, 5.41) is 0. The molecule has 1 N–H and O–H groups in total. The van der Waals surface area contributed by atoms with Crippen LogP contribution in [0.25, 0.3) is 0 Å². The summed E-state index contributed by atoms with van der Waals surface area (Å²) < 4.78 is 32.0. The number of carbonyl (C=O) groups is 1. The van der Waals surface area contributed by atoms with Gasteiger partial charge >= 0.3 is 5.97 Å². The largest absolute Gasteiger partial charge is 0.469 e. The molecule has 0 bridgehead atoms. The average molecular weight is 307 g/mol. The fourth-order valence-electron chi connectivity index (χ4n) is 1.94. The quantitative estimate of drug-likeness (QED) is 0.566. The van der Waals surface area contributed by atoms with E-state index in [0.29, 0.717) is 19.1 Å². The molecule has 0 heterocycles. The molecule has 0 amide bonds. The molecule has 8 heteroatoms. The van der Waals surface area contributed by atoms with Crippen molar-refractivity contribution < 1.29 is 17.9 Å². The molecule has 0 atom stereocenters. The van der Waals surface area contributed by atoms with Crippen molar-refractivity contribution in [2.75, 3.05) is 40.3 Å². The molecule has 118 valence electrons. The molecule has 0 spiro atoms. The Morgan fingerprint density at radius 2 is 2.00 bits per heavy atom. The van der Waals surface area contributed by atoms with Crippen LogP contribution in [0.1, 0.15) is 26.2 Å². The van der Waals surface area contributed by atoms with Crippen LogP contribution in [0.15, 0.2) is 0 Å². The fraction of sp³-hybridized carbons (Fsp3) is 0.917. The molecular weight excluding hydrogens is 282 g/mol. The first-order valence-corrected chi connectivity index (χ1v) is 8.36. The molecule has 0 radical (unpaired) electrons. The van der Waals surface area contributed by atoms with Crippen LogP contribution in [-0.2, 0) is 19.7 Å². The van der Waals surface area contributed by atoms with Gasteiger partial charge in [-0.25, -0.2) is 4.72 Å². The summed E-state index contributed by atoms with van der Waals surface area (Å²) in [6.07, 6.45) is 2.47. The van der Waals surface area contributed by atoms with Gasteiger partial charge in [0.2, 0.25) is 0 Å². The van der Waals surface area contributed by atoms with E-state index in [-0.39, 0.29) is 13.0 Å². The van der Waals surface area contributed by atoms with Gasteiger partial charge in [-0.15, -0.1) is 0 Å². The maximum absolute atomic E-state index is 11.9. The highest BCUT2D eigenvalue weighted by Crippen LogP contribution is 2.25. The Bertz CT molecular complexity index is 409. The van der Waals surface area contributed by atoms with Crippen LogP contribution in [0.3, 0.4) is 0 Å². The van der Waals surface area contributed by atoms with Crippen molar-refractivity contribution >= 4 is 16.2 Å². The predicted molar refractivity (Wildman–Crippen MR) is 76.5 cm³/mol. The Hall–Kier alpha value is -0.700. The molecule has 0 aromatic rings. The SMILES string of the molecule is CCN(CCNS(=O)(=O)N(C)CCC(=O)OC)C1CC1. The molecule has 0 aromatic carbocycles. The average Bonchev–Trinajstić information content (AvgIpc) is 3.24. The molecule has 1 saturated carbocycles. The maximum Gasteiger partial charge on any atom is 0.306 e. The van der Waals surface area contributed by atoms with Crippen LogP contribution in [0, 0.1) is 0 Å². The lowest BCUT2D eigenvalue weighted by Crippen LogP contribution is -2.43. The van der Waals surface area contributed by atoms with Crippen molar-refractivity contribution in [3.63, 3.8) is 0 Å². The summed E-state index contributed by atoms with van der Waals surface area (Å²) in [5.41, 5.74) is 0. The first-order valence-electron chi connectivity index (χ1n) is 6.92. The normalized spacial score (nSPS) is 15.8. The van der Waals surface area contributed by atoms with E-state index >= 15 is 0 Å². The Morgan fingerprint density at radius 1 is 1.35 bits per heavy atom. The number of ether oxygens (including phenoxy) is 1. The first kappa shape index (κ1) is 17.4. The van der Waals surface area contributed by atoms with Crippen molar-refractivity contribution in [2.45, 2.75) is 32.2 Å². The van der Waals surface area contributed by atoms with Crippen molar-refractivity contribution in [1.82, 2.24) is 13.9 Å². The standard InChI is InChI=1S/C12H25N3O4S/c1-4-15(11-5-6-11)10-8-13-20(17,18)14(2)9-7-12(16)19-3/h11,13H,4-10H2,1-3H3. The zero-order valence-corrected chi connectivity index (χ0v) is 13.3. The summed E-state index contributed by atoms with van der Waals surface area (Å²) >= 11 is 0. The second-order valence-corrected chi connectivity index (χ2v) is 6.77. The van der Waals surface area contributed by atoms with E-state index in [9.17, 15) is 13.2 Å². The van der Waals surface area contributed by atoms with Crippen LogP contribution < -0.4 is 4.72 Å². The highest BCUT2D eigenvalue weighted by atomic mass is 32.2. The minimum Gasteiger partial charge on any atom is -0.469 e. The van der Waals surface area contributed by atoms with Crippen molar-refractivity contribution in [3.8, 4) is 0 Å². The lowest BCUT2D eigenvalue weighted by molar-refractivity contribution is -0.140. The lowest BCUT2D eigenvalue weighted by Gasteiger charge is -2.21. The lowest BCUT2D eigenvalue weighted by atomic mass is 10.4. The Kier molecular flexibility index (Phi) is 6.87. The number of rotatable bonds is 10. The van der Waals surface area contributed by atoms with Gasteiger partial charge in [0.1, 0.15) is 0 Å². The highest BCUT2D eigenvalue weighted by Gasteiger charge is 2.27. The molecular formula is C12H25N3O4S. The molecule has 0 aliphatic heterocycles. The minimum atomic E-state index is -3.52. The number of likely N-dealkylation sites (N-methyl/N-ethyl adjacent to an activating group) is 1. The van der Waals surface area contributed by atoms with Crippen molar-refractivity contribution in [2.24, 2.45) is 0 Å². The number of hydrogen-bond donors (Lipinski definition) is 1. The molecule has 1 fully saturated rings. The molecule has 1 rings (SSSR count). The van der Waals surface area contributed by atoms with E-state index in [4.69, 9.17) is 0 Å². The second-order valence-electron chi connectivity index (χ2n) is 4.91. The van der Waals surface area contributed by atoms with Crippen LogP contribution in [0.2, 0.25) is 0 Å². The zero-order valence-electron chi connectivity index (χ0n) is 12.5. The summed E-state index contributed by atoms with van der Waals surface area (Å²) in [7, 11) is -0.792. The summed E-state index contributed by atoms with van der Waals surface area (Å²) in [4.78, 5) is 13.3. The Balaban J connectivity index is 2.30. The van der Waals surface area contributed by atoms with Gasteiger partial charge in [-0.05, 0) is 19.4 Å². The Morgan fingerprint density at radius 3 is 2.50 bits per heavy atom. The third-order valence-corrected chi connectivity index (χ3v) is 4.99. The van der Waals surface area contributed by atoms with E-state index in [2.05, 4.69) is 21.3 Å². The van der Waals surface area contributed by atoms with E-state index in [1.54, 1.807) is 0 Å². The fourth-order valence-corrected chi connectivity index (χ4v) is 2.84. The topological polar surface area (TPSA) is 79.0 Å². The van der Waals surface area contributed by atoms with Crippen LogP contribution in [0.5, 0.6) is 0 Å². The number of methoxy groups -OCH3 is 1. The number of nitrogens with zero attached hydrogens (tertiary/aromatic N) is 2. The van der Waals surface area contributed by atoms with Gasteiger partial charge in [-0.3, -0.25) is 9.69 Å². The van der Waals surface area contributed by atoms with Crippen LogP contribution >= 0.6 is 0 Å². The number of nitrogens with one attached hydrogen (secondary N) is 1. The highest BCUT2D eigenvalue weighted by molar-refractivity contribution is 7.87. The van der Waals surface area contributed by atoms with Gasteiger partial charge in [-0.1, -0.05) is 6.92 Å². The smallest absolute Gasteiger partial charge is 0.306 e. The molecule has 0 saturated heterocycles. The zero-order chi connectivity index (χ0) is 15.2. The van der Waals surface area contributed by atoms with Crippen molar-refractivity contribution in [3.05, 3.63) is 0 Å². The molecule has 0 aromatic heterocycles. The van der Waals surface area contributed by atoms with Crippen LogP contribution in [-0.4, -0.2) is 70.0 Å². The molecule has 1 aliphatic carbocycles. The summed E-state index contributed by atoms with van der Waals surface area (Å²) in [6, 6.07) is 0.626. The number of hydrogen-bond acceptors (Lipinski definition) is 5. The van der Waals surface area contributed by atoms with E-state index in [1.807, 2.05) is 0 Å². The molecule has 1 aliphatic rings. The molecule has 20 heavy (non-hydrogen) atoms. The van der Waals surface area contributed by atoms with Gasteiger partial charge in [0.15, 0.2) is 0 Å². The van der Waals surface area contributed by atoms with E-state index in [1.165, 1.54) is 27.0 Å². The van der Waals surface area contributed by atoms with Crippen LogP contribution in [0.4, 0.5) is 0 Å². The third-order valence-electron chi connectivity index (χ3n) is 3.42. The van der Waals surface area contributed by atoms with Gasteiger partial charge in [0.25, 0.3) is 10.2 Å². The molecule has 7 nitrogen and oxygen atoms in total. The Labute approximate surface area is 121 Å². The van der Waals surface area contributed by atoms with Gasteiger partial charge in [-0.2, -0.15) is 12.7 Å². The van der Waals surface area contributed by atoms with Gasteiger partial charge in [0.05, 0.1) is 13.5 Å². The van der Waals surface area contributed by atoms with E-state index in [0.717, 1.165) is 10.8 Å². The predicted octanol–water partition coefficient (Wildman–Crippen LogP) is -0.200. The summed E-state index contributed by atoms with van der Waals surface area (Å²) in [5.74, 6) is -0.419. The van der Waals surface area contributed by atoms with E-state index < -0.39 is 16.2 Å². The van der Waals surface area contributed by atoms with Gasteiger partial charge in [0, 0.05) is 32.7 Å². The van der Waals surface area contributed by atoms with Gasteiger partial charge < -0.3 is 4.74 Å². The third kappa shape index (κ3) is 5.74. The second kappa shape index (κ2) is 7.92. The molecule has 0 unspecified atom stereocenters. The van der Waals surface area contributed by atoms with Crippen molar-refractivity contribution in [1.29, 1.82) is 0 Å². The summed E-state index contributed by atoms with van der Waals surface area (Å²) in [6.45, 7) is 4.22. The monoisotopic (exact) mass is 307 g/mol. The first-order chi connectivity index (χ1) is 9.40.